The smallest absolute Gasteiger partial charge is 0.236 e. The zero-order valence-electron chi connectivity index (χ0n) is 12.5. The average Bonchev–Trinajstić information content (AvgIpc) is 3.19. The molecule has 5 heteroatoms. The molecule has 4 nitrogen and oxygen atoms in total. The van der Waals surface area contributed by atoms with Crippen LogP contribution in [0.2, 0.25) is 0 Å². The first-order chi connectivity index (χ1) is 10.4. The van der Waals surface area contributed by atoms with Gasteiger partial charge in [-0.2, -0.15) is 0 Å². The van der Waals surface area contributed by atoms with E-state index in [0.717, 1.165) is 42.6 Å². The number of thiophene rings is 1. The highest BCUT2D eigenvalue weighted by Gasteiger charge is 2.21. The molecule has 0 radical (unpaired) electrons. The fourth-order valence-electron chi connectivity index (χ4n) is 2.92. The first-order valence-corrected chi connectivity index (χ1v) is 8.68. The summed E-state index contributed by atoms with van der Waals surface area (Å²) in [4.78, 5) is 8.29. The van der Waals surface area contributed by atoms with E-state index in [1.807, 2.05) is 12.3 Å². The Morgan fingerprint density at radius 2 is 2.48 bits per heavy atom. The fraction of sp³-hybridized carbons (Fsp3) is 0.562. The molecule has 2 aromatic heterocycles. The maximum absolute atomic E-state index is 5.63. The molecule has 1 saturated heterocycles. The van der Waals surface area contributed by atoms with E-state index in [4.69, 9.17) is 4.42 Å². The van der Waals surface area contributed by atoms with Crippen molar-refractivity contribution in [2.75, 3.05) is 19.6 Å². The van der Waals surface area contributed by atoms with E-state index in [0.29, 0.717) is 6.04 Å². The van der Waals surface area contributed by atoms with Crippen LogP contribution in [-0.4, -0.2) is 35.6 Å². The summed E-state index contributed by atoms with van der Waals surface area (Å²) in [5, 5.41) is 5.56. The van der Waals surface area contributed by atoms with Crippen molar-refractivity contribution in [2.24, 2.45) is 0 Å². The molecule has 2 aromatic rings. The van der Waals surface area contributed by atoms with E-state index in [1.54, 1.807) is 11.3 Å². The summed E-state index contributed by atoms with van der Waals surface area (Å²) in [5.41, 5.74) is 1.04. The molecular formula is C16H23N3OS. The molecule has 1 N–H and O–H groups in total. The standard InChI is InChI=1S/C16H23N3OS/c1-2-8-19(14-5-3-7-17-10-14)11-13-12-20-16(18-13)15-6-4-9-21-15/h4,6,9,12,14,17H,2-3,5,7-8,10-11H2,1H3. The Kier molecular flexibility index (Phi) is 5.06. The summed E-state index contributed by atoms with van der Waals surface area (Å²) in [6.45, 7) is 6.49. The quantitative estimate of drug-likeness (QED) is 0.888. The van der Waals surface area contributed by atoms with Crippen LogP contribution in [-0.2, 0) is 6.54 Å². The van der Waals surface area contributed by atoms with E-state index in [-0.39, 0.29) is 0 Å². The lowest BCUT2D eigenvalue weighted by molar-refractivity contribution is 0.156. The van der Waals surface area contributed by atoms with Crippen LogP contribution < -0.4 is 5.32 Å². The van der Waals surface area contributed by atoms with Crippen LogP contribution in [0.25, 0.3) is 10.8 Å². The molecule has 0 spiro atoms. The number of hydrogen-bond donors (Lipinski definition) is 1. The molecule has 114 valence electrons. The first-order valence-electron chi connectivity index (χ1n) is 7.80. The van der Waals surface area contributed by atoms with E-state index in [9.17, 15) is 0 Å². The van der Waals surface area contributed by atoms with Gasteiger partial charge in [0.2, 0.25) is 5.89 Å². The number of aromatic nitrogens is 1. The van der Waals surface area contributed by atoms with Gasteiger partial charge in [-0.25, -0.2) is 4.98 Å². The third-order valence-corrected chi connectivity index (χ3v) is 4.80. The van der Waals surface area contributed by atoms with Crippen molar-refractivity contribution in [3.05, 3.63) is 29.5 Å². The third-order valence-electron chi connectivity index (χ3n) is 3.95. The monoisotopic (exact) mass is 305 g/mol. The number of rotatable bonds is 6. The van der Waals surface area contributed by atoms with E-state index in [2.05, 4.69) is 33.6 Å². The molecule has 0 aromatic carbocycles. The molecule has 0 amide bonds. The first kappa shape index (κ1) is 14.8. The zero-order chi connectivity index (χ0) is 14.5. The van der Waals surface area contributed by atoms with Gasteiger partial charge in [0.1, 0.15) is 6.26 Å². The lowest BCUT2D eigenvalue weighted by atomic mass is 10.1. The molecular weight excluding hydrogens is 282 g/mol. The molecule has 0 bridgehead atoms. The van der Waals surface area contributed by atoms with E-state index in [1.165, 1.54) is 19.3 Å². The summed E-state index contributed by atoms with van der Waals surface area (Å²) in [6.07, 6.45) is 5.53. The van der Waals surface area contributed by atoms with Gasteiger partial charge in [-0.05, 0) is 43.8 Å². The maximum Gasteiger partial charge on any atom is 0.236 e. The number of piperidine rings is 1. The minimum Gasteiger partial charge on any atom is -0.444 e. The highest BCUT2D eigenvalue weighted by molar-refractivity contribution is 7.13. The van der Waals surface area contributed by atoms with Crippen LogP contribution in [0, 0.1) is 0 Å². The van der Waals surface area contributed by atoms with Crippen molar-refractivity contribution in [2.45, 2.75) is 38.8 Å². The Bertz CT molecular complexity index is 531. The summed E-state index contributed by atoms with van der Waals surface area (Å²) in [6, 6.07) is 4.71. The van der Waals surface area contributed by atoms with Gasteiger partial charge in [-0.15, -0.1) is 11.3 Å². The van der Waals surface area contributed by atoms with Gasteiger partial charge in [-0.1, -0.05) is 13.0 Å². The minimum atomic E-state index is 0.626. The van der Waals surface area contributed by atoms with Crippen molar-refractivity contribution >= 4 is 11.3 Å². The van der Waals surface area contributed by atoms with Crippen molar-refractivity contribution in [3.8, 4) is 10.8 Å². The molecule has 3 rings (SSSR count). The lowest BCUT2D eigenvalue weighted by Crippen LogP contribution is -2.45. The molecule has 1 aliphatic rings. The summed E-state index contributed by atoms with van der Waals surface area (Å²) in [7, 11) is 0. The molecule has 1 atom stereocenters. The van der Waals surface area contributed by atoms with Gasteiger partial charge in [-0.3, -0.25) is 4.90 Å². The second kappa shape index (κ2) is 7.20. The van der Waals surface area contributed by atoms with Crippen LogP contribution in [0.5, 0.6) is 0 Å². The highest BCUT2D eigenvalue weighted by Crippen LogP contribution is 2.24. The molecule has 21 heavy (non-hydrogen) atoms. The van der Waals surface area contributed by atoms with E-state index < -0.39 is 0 Å². The van der Waals surface area contributed by atoms with Crippen molar-refractivity contribution in [1.82, 2.24) is 15.2 Å². The van der Waals surface area contributed by atoms with Gasteiger partial charge >= 0.3 is 0 Å². The van der Waals surface area contributed by atoms with Crippen LogP contribution >= 0.6 is 11.3 Å². The molecule has 0 aliphatic carbocycles. The maximum atomic E-state index is 5.63. The molecule has 1 aliphatic heterocycles. The van der Waals surface area contributed by atoms with Crippen molar-refractivity contribution in [3.63, 3.8) is 0 Å². The van der Waals surface area contributed by atoms with Gasteiger partial charge in [0, 0.05) is 19.1 Å². The van der Waals surface area contributed by atoms with Crippen LogP contribution in [0.3, 0.4) is 0 Å². The number of nitrogens with zero attached hydrogens (tertiary/aromatic N) is 2. The number of nitrogens with one attached hydrogen (secondary N) is 1. The fourth-order valence-corrected chi connectivity index (χ4v) is 3.58. The lowest BCUT2D eigenvalue weighted by Gasteiger charge is -2.34. The van der Waals surface area contributed by atoms with Gasteiger partial charge in [0.25, 0.3) is 0 Å². The summed E-state index contributed by atoms with van der Waals surface area (Å²) < 4.78 is 5.63. The predicted octanol–water partition coefficient (Wildman–Crippen LogP) is 3.37. The second-order valence-corrected chi connectivity index (χ2v) is 6.54. The van der Waals surface area contributed by atoms with Gasteiger partial charge in [0.05, 0.1) is 10.6 Å². The largest absolute Gasteiger partial charge is 0.444 e. The number of hydrogen-bond acceptors (Lipinski definition) is 5. The molecule has 1 unspecified atom stereocenters. The second-order valence-electron chi connectivity index (χ2n) is 5.59. The Morgan fingerprint density at radius 3 is 3.19 bits per heavy atom. The average molecular weight is 305 g/mol. The minimum absolute atomic E-state index is 0.626. The topological polar surface area (TPSA) is 41.3 Å². The van der Waals surface area contributed by atoms with Crippen molar-refractivity contribution < 1.29 is 4.42 Å². The summed E-state index contributed by atoms with van der Waals surface area (Å²) >= 11 is 1.67. The van der Waals surface area contributed by atoms with Gasteiger partial charge < -0.3 is 9.73 Å². The zero-order valence-corrected chi connectivity index (χ0v) is 13.4. The van der Waals surface area contributed by atoms with Crippen LogP contribution in [0.1, 0.15) is 31.9 Å². The summed E-state index contributed by atoms with van der Waals surface area (Å²) in [5.74, 6) is 0.748. The molecule has 1 fully saturated rings. The Balaban J connectivity index is 1.67. The Morgan fingerprint density at radius 1 is 1.52 bits per heavy atom. The highest BCUT2D eigenvalue weighted by atomic mass is 32.1. The Hall–Kier alpha value is -1.17. The van der Waals surface area contributed by atoms with Gasteiger partial charge in [0.15, 0.2) is 0 Å². The normalized spacial score (nSPS) is 19.2. The number of oxazole rings is 1. The van der Waals surface area contributed by atoms with Crippen LogP contribution in [0.15, 0.2) is 28.2 Å². The SMILES string of the molecule is CCCN(Cc1coc(-c2cccs2)n1)C1CCCNC1. The van der Waals surface area contributed by atoms with Crippen LogP contribution in [0.4, 0.5) is 0 Å². The van der Waals surface area contributed by atoms with Crippen molar-refractivity contribution in [1.29, 1.82) is 0 Å². The molecule has 3 heterocycles. The Labute approximate surface area is 130 Å². The predicted molar refractivity (Wildman–Crippen MR) is 86.4 cm³/mol. The van der Waals surface area contributed by atoms with E-state index >= 15 is 0 Å². The third kappa shape index (κ3) is 3.73. The molecule has 0 saturated carbocycles.